The summed E-state index contributed by atoms with van der Waals surface area (Å²) in [6.07, 6.45) is 1.78. The van der Waals surface area contributed by atoms with Crippen LogP contribution in [0.4, 0.5) is 10.1 Å². The van der Waals surface area contributed by atoms with Gasteiger partial charge in [-0.25, -0.2) is 4.39 Å². The van der Waals surface area contributed by atoms with Gasteiger partial charge in [-0.15, -0.1) is 0 Å². The lowest BCUT2D eigenvalue weighted by molar-refractivity contribution is 0.100. The van der Waals surface area contributed by atoms with Gasteiger partial charge in [-0.1, -0.05) is 24.3 Å². The summed E-state index contributed by atoms with van der Waals surface area (Å²) in [5.74, 6) is -0.295. The van der Waals surface area contributed by atoms with Crippen molar-refractivity contribution in [2.75, 3.05) is 5.32 Å². The molecule has 3 N–H and O–H groups in total. The third-order valence-corrected chi connectivity index (χ3v) is 4.00. The van der Waals surface area contributed by atoms with Gasteiger partial charge in [0.05, 0.1) is 0 Å². The Hall–Kier alpha value is -2.36. The molecule has 0 spiro atoms. The summed E-state index contributed by atoms with van der Waals surface area (Å²) in [6.45, 7) is 0. The second kappa shape index (κ2) is 5.56. The molecule has 3 rings (SSSR count). The van der Waals surface area contributed by atoms with Crippen molar-refractivity contribution in [3.05, 3.63) is 65.5 Å². The lowest BCUT2D eigenvalue weighted by Crippen LogP contribution is -2.34. The van der Waals surface area contributed by atoms with E-state index in [4.69, 9.17) is 5.73 Å². The van der Waals surface area contributed by atoms with E-state index in [-0.39, 0.29) is 11.7 Å². The number of nitrogens with one attached hydrogen (secondary N) is 1. The third kappa shape index (κ3) is 2.89. The molecular formula is C17H17FN2O. The molecule has 1 amide bonds. The highest BCUT2D eigenvalue weighted by molar-refractivity contribution is 5.93. The molecule has 0 saturated heterocycles. The van der Waals surface area contributed by atoms with E-state index in [1.807, 2.05) is 18.2 Å². The summed E-state index contributed by atoms with van der Waals surface area (Å²) in [7, 11) is 0. The molecule has 1 aliphatic carbocycles. The third-order valence-electron chi connectivity index (χ3n) is 4.00. The second-order valence-corrected chi connectivity index (χ2v) is 5.48. The quantitative estimate of drug-likeness (QED) is 0.905. The van der Waals surface area contributed by atoms with Crippen LogP contribution in [0, 0.1) is 5.82 Å². The molecule has 2 aromatic carbocycles. The number of primary amides is 1. The number of rotatable bonds is 4. The van der Waals surface area contributed by atoms with Crippen LogP contribution in [-0.2, 0) is 0 Å². The first-order valence-corrected chi connectivity index (χ1v) is 7.04. The highest BCUT2D eigenvalue weighted by Crippen LogP contribution is 2.39. The van der Waals surface area contributed by atoms with Gasteiger partial charge in [0.2, 0.25) is 5.91 Å². The second-order valence-electron chi connectivity index (χ2n) is 5.48. The van der Waals surface area contributed by atoms with E-state index in [9.17, 15) is 9.18 Å². The zero-order valence-corrected chi connectivity index (χ0v) is 11.6. The predicted molar refractivity (Wildman–Crippen MR) is 80.7 cm³/mol. The molecule has 3 nitrogen and oxygen atoms in total. The van der Waals surface area contributed by atoms with Crippen LogP contribution in [0.2, 0.25) is 0 Å². The Labute approximate surface area is 123 Å². The number of benzene rings is 2. The molecule has 1 aliphatic rings. The van der Waals surface area contributed by atoms with Crippen molar-refractivity contribution in [2.24, 2.45) is 5.73 Å². The highest BCUT2D eigenvalue weighted by Gasteiger charge is 2.31. The molecule has 0 unspecified atom stereocenters. The van der Waals surface area contributed by atoms with Gasteiger partial charge in [0.25, 0.3) is 0 Å². The minimum Gasteiger partial charge on any atom is -0.382 e. The van der Waals surface area contributed by atoms with Crippen LogP contribution in [0.3, 0.4) is 0 Å². The number of anilines is 1. The Bertz CT molecular complexity index is 665. The topological polar surface area (TPSA) is 55.1 Å². The van der Waals surface area contributed by atoms with E-state index in [0.29, 0.717) is 11.6 Å². The molecule has 1 saturated carbocycles. The molecule has 108 valence electrons. The molecule has 0 heterocycles. The van der Waals surface area contributed by atoms with Crippen molar-refractivity contribution in [1.82, 2.24) is 0 Å². The van der Waals surface area contributed by atoms with Crippen LogP contribution in [0.1, 0.15) is 34.7 Å². The Morgan fingerprint density at radius 2 is 1.90 bits per heavy atom. The SMILES string of the molecule is NC(=O)c1cccc(NC2CC(c3ccccc3F)C2)c1. The largest absolute Gasteiger partial charge is 0.382 e. The van der Waals surface area contributed by atoms with Crippen molar-refractivity contribution in [3.63, 3.8) is 0 Å². The smallest absolute Gasteiger partial charge is 0.248 e. The molecule has 1 fully saturated rings. The van der Waals surface area contributed by atoms with Gasteiger partial charge in [0.15, 0.2) is 0 Å². The lowest BCUT2D eigenvalue weighted by atomic mass is 9.75. The maximum absolute atomic E-state index is 13.7. The van der Waals surface area contributed by atoms with E-state index >= 15 is 0 Å². The van der Waals surface area contributed by atoms with Gasteiger partial charge in [0, 0.05) is 17.3 Å². The summed E-state index contributed by atoms with van der Waals surface area (Å²) >= 11 is 0. The van der Waals surface area contributed by atoms with Crippen LogP contribution < -0.4 is 11.1 Å². The van der Waals surface area contributed by atoms with Crippen LogP contribution in [0.25, 0.3) is 0 Å². The zero-order chi connectivity index (χ0) is 14.8. The summed E-state index contributed by atoms with van der Waals surface area (Å²) in [5.41, 5.74) is 7.43. The average Bonchev–Trinajstić information content (AvgIpc) is 2.44. The number of amides is 1. The van der Waals surface area contributed by atoms with Crippen LogP contribution in [0.15, 0.2) is 48.5 Å². The number of halogens is 1. The van der Waals surface area contributed by atoms with Gasteiger partial charge in [-0.3, -0.25) is 4.79 Å². The minimum atomic E-state index is -0.434. The van der Waals surface area contributed by atoms with Gasteiger partial charge in [0.1, 0.15) is 5.82 Å². The molecule has 2 aromatic rings. The van der Waals surface area contributed by atoms with E-state index in [2.05, 4.69) is 5.32 Å². The van der Waals surface area contributed by atoms with Gasteiger partial charge in [-0.05, 0) is 48.6 Å². The van der Waals surface area contributed by atoms with E-state index < -0.39 is 5.91 Å². The first kappa shape index (κ1) is 13.6. The number of hydrogen-bond donors (Lipinski definition) is 2. The van der Waals surface area contributed by atoms with E-state index in [0.717, 1.165) is 24.1 Å². The van der Waals surface area contributed by atoms with Crippen molar-refractivity contribution < 1.29 is 9.18 Å². The van der Waals surface area contributed by atoms with Crippen LogP contribution in [0.5, 0.6) is 0 Å². The number of carbonyl (C=O) groups is 1. The van der Waals surface area contributed by atoms with Gasteiger partial charge >= 0.3 is 0 Å². The number of hydrogen-bond acceptors (Lipinski definition) is 2. The fourth-order valence-corrected chi connectivity index (χ4v) is 2.79. The predicted octanol–water partition coefficient (Wildman–Crippen LogP) is 3.28. The maximum atomic E-state index is 13.7. The van der Waals surface area contributed by atoms with Crippen molar-refractivity contribution >= 4 is 11.6 Å². The normalized spacial score (nSPS) is 20.6. The van der Waals surface area contributed by atoms with Gasteiger partial charge < -0.3 is 11.1 Å². The van der Waals surface area contributed by atoms with Crippen LogP contribution >= 0.6 is 0 Å². The molecule has 0 bridgehead atoms. The first-order valence-electron chi connectivity index (χ1n) is 7.04. The molecule has 0 aliphatic heterocycles. The summed E-state index contributed by atoms with van der Waals surface area (Å²) < 4.78 is 13.7. The van der Waals surface area contributed by atoms with Crippen molar-refractivity contribution in [3.8, 4) is 0 Å². The molecule has 0 radical (unpaired) electrons. The summed E-state index contributed by atoms with van der Waals surface area (Å²) in [6, 6.07) is 14.4. The van der Waals surface area contributed by atoms with Crippen LogP contribution in [-0.4, -0.2) is 11.9 Å². The zero-order valence-electron chi connectivity index (χ0n) is 11.6. The monoisotopic (exact) mass is 284 g/mol. The van der Waals surface area contributed by atoms with Gasteiger partial charge in [-0.2, -0.15) is 0 Å². The summed E-state index contributed by atoms with van der Waals surface area (Å²) in [4.78, 5) is 11.1. The highest BCUT2D eigenvalue weighted by atomic mass is 19.1. The molecule has 4 heteroatoms. The lowest BCUT2D eigenvalue weighted by Gasteiger charge is -2.37. The fourth-order valence-electron chi connectivity index (χ4n) is 2.79. The van der Waals surface area contributed by atoms with E-state index in [1.165, 1.54) is 6.07 Å². The standard InChI is InChI=1S/C17H17FN2O/c18-16-7-2-1-6-15(16)12-9-14(10-12)20-13-5-3-4-11(8-13)17(19)21/h1-8,12,14,20H,9-10H2,(H2,19,21). The molecule has 21 heavy (non-hydrogen) atoms. The fraction of sp³-hybridized carbons (Fsp3) is 0.235. The van der Waals surface area contributed by atoms with Crippen molar-refractivity contribution in [2.45, 2.75) is 24.8 Å². The summed E-state index contributed by atoms with van der Waals surface area (Å²) in [5, 5.41) is 3.36. The molecular weight excluding hydrogens is 267 g/mol. The Balaban J connectivity index is 1.61. The minimum absolute atomic E-state index is 0.128. The van der Waals surface area contributed by atoms with Crippen molar-refractivity contribution in [1.29, 1.82) is 0 Å². The Morgan fingerprint density at radius 3 is 2.62 bits per heavy atom. The van der Waals surface area contributed by atoms with E-state index in [1.54, 1.807) is 24.3 Å². The first-order chi connectivity index (χ1) is 10.1. The average molecular weight is 284 g/mol. The molecule has 0 aromatic heterocycles. The Morgan fingerprint density at radius 1 is 1.14 bits per heavy atom. The Kier molecular flexibility index (Phi) is 3.60. The number of nitrogens with two attached hydrogens (primary N) is 1. The number of carbonyl (C=O) groups excluding carboxylic acids is 1. The maximum Gasteiger partial charge on any atom is 0.248 e. The molecule has 0 atom stereocenters.